The van der Waals surface area contributed by atoms with Gasteiger partial charge in [-0.15, -0.1) is 0 Å². The molecule has 2 atom stereocenters. The molecule has 2 amide bonds. The van der Waals surface area contributed by atoms with Crippen LogP contribution in [0.2, 0.25) is 0 Å². The van der Waals surface area contributed by atoms with E-state index in [0.29, 0.717) is 37.4 Å². The molecule has 4 rings (SSSR count). The Balaban J connectivity index is 1.42. The first kappa shape index (κ1) is 23.1. The van der Waals surface area contributed by atoms with Crippen molar-refractivity contribution in [1.29, 1.82) is 0 Å². The standard InChI is InChI=1S/C23H27N3O6S/c1-15-22(27)25-20-12-19(9-10-21(20)32-15)33(29,30)26-11-3-4-17(14-26)23(28)24-13-16-5-7-18(31-2)8-6-16/h5-10,12,15,17H,3-4,11,13-14H2,1-2H3,(H,24,28)(H,25,27)/t15-,17+/m0/s1. The molecule has 1 saturated heterocycles. The van der Waals surface area contributed by atoms with E-state index in [1.165, 1.54) is 16.4 Å². The highest BCUT2D eigenvalue weighted by Gasteiger charge is 2.34. The van der Waals surface area contributed by atoms with Crippen LogP contribution in [0.25, 0.3) is 0 Å². The zero-order chi connectivity index (χ0) is 23.6. The lowest BCUT2D eigenvalue weighted by molar-refractivity contribution is -0.126. The third kappa shape index (κ3) is 4.96. The number of sulfonamides is 1. The minimum atomic E-state index is -3.84. The number of methoxy groups -OCH3 is 1. The first-order valence-corrected chi connectivity index (χ1v) is 12.2. The summed E-state index contributed by atoms with van der Waals surface area (Å²) in [4.78, 5) is 24.7. The molecule has 2 heterocycles. The molecule has 2 N–H and O–H groups in total. The molecule has 0 radical (unpaired) electrons. The van der Waals surface area contributed by atoms with E-state index < -0.39 is 22.0 Å². The summed E-state index contributed by atoms with van der Waals surface area (Å²) in [6.45, 7) is 2.42. The Labute approximate surface area is 193 Å². The zero-order valence-corrected chi connectivity index (χ0v) is 19.4. The number of ether oxygens (including phenoxy) is 2. The Bertz CT molecular complexity index is 1150. The van der Waals surface area contributed by atoms with Crippen LogP contribution in [0.4, 0.5) is 5.69 Å². The fourth-order valence-corrected chi connectivity index (χ4v) is 5.50. The van der Waals surface area contributed by atoms with E-state index in [1.54, 1.807) is 20.1 Å². The normalized spacial score (nSPS) is 20.8. The largest absolute Gasteiger partial charge is 0.497 e. The van der Waals surface area contributed by atoms with Crippen LogP contribution in [-0.2, 0) is 26.2 Å². The second-order valence-corrected chi connectivity index (χ2v) is 10.1. The lowest BCUT2D eigenvalue weighted by Crippen LogP contribution is -2.45. The molecular formula is C23H27N3O6S. The number of nitrogens with one attached hydrogen (secondary N) is 2. The highest BCUT2D eigenvalue weighted by molar-refractivity contribution is 7.89. The van der Waals surface area contributed by atoms with Gasteiger partial charge in [0.15, 0.2) is 6.10 Å². The Kier molecular flexibility index (Phi) is 6.57. The van der Waals surface area contributed by atoms with E-state index in [9.17, 15) is 18.0 Å². The van der Waals surface area contributed by atoms with Gasteiger partial charge in [0.1, 0.15) is 11.5 Å². The molecule has 2 aromatic carbocycles. The zero-order valence-electron chi connectivity index (χ0n) is 18.5. The van der Waals surface area contributed by atoms with Gasteiger partial charge in [0.05, 0.1) is 23.6 Å². The van der Waals surface area contributed by atoms with Crippen molar-refractivity contribution in [2.45, 2.75) is 37.3 Å². The van der Waals surface area contributed by atoms with Gasteiger partial charge in [-0.2, -0.15) is 4.31 Å². The number of carbonyl (C=O) groups is 2. The molecule has 9 nitrogen and oxygen atoms in total. The van der Waals surface area contributed by atoms with Crippen molar-refractivity contribution in [2.24, 2.45) is 5.92 Å². The average Bonchev–Trinajstić information content (AvgIpc) is 2.83. The van der Waals surface area contributed by atoms with Gasteiger partial charge in [0, 0.05) is 19.6 Å². The Hall–Kier alpha value is -3.11. The highest BCUT2D eigenvalue weighted by atomic mass is 32.2. The van der Waals surface area contributed by atoms with Gasteiger partial charge in [-0.1, -0.05) is 12.1 Å². The van der Waals surface area contributed by atoms with E-state index in [4.69, 9.17) is 9.47 Å². The minimum absolute atomic E-state index is 0.0546. The molecule has 2 aromatic rings. The molecule has 0 bridgehead atoms. The molecule has 176 valence electrons. The van der Waals surface area contributed by atoms with Crippen LogP contribution in [0, 0.1) is 5.92 Å². The quantitative estimate of drug-likeness (QED) is 0.665. The average molecular weight is 474 g/mol. The number of nitrogens with zero attached hydrogens (tertiary/aromatic N) is 1. The molecule has 10 heteroatoms. The summed E-state index contributed by atoms with van der Waals surface area (Å²) in [5.41, 5.74) is 1.25. The summed E-state index contributed by atoms with van der Waals surface area (Å²) >= 11 is 0. The second-order valence-electron chi connectivity index (χ2n) is 8.18. The number of hydrogen-bond donors (Lipinski definition) is 2. The summed E-state index contributed by atoms with van der Waals surface area (Å²) < 4.78 is 38.5. The van der Waals surface area contributed by atoms with Gasteiger partial charge in [-0.3, -0.25) is 9.59 Å². The van der Waals surface area contributed by atoms with E-state index >= 15 is 0 Å². The fourth-order valence-electron chi connectivity index (χ4n) is 3.95. The van der Waals surface area contributed by atoms with Crippen molar-refractivity contribution in [3.05, 3.63) is 48.0 Å². The fraction of sp³-hybridized carbons (Fsp3) is 0.391. The molecule has 0 aliphatic carbocycles. The van der Waals surface area contributed by atoms with Gasteiger partial charge in [-0.25, -0.2) is 8.42 Å². The summed E-state index contributed by atoms with van der Waals surface area (Å²) in [7, 11) is -2.24. The first-order valence-electron chi connectivity index (χ1n) is 10.8. The number of fused-ring (bicyclic) bond motifs is 1. The smallest absolute Gasteiger partial charge is 0.265 e. The molecule has 2 aliphatic rings. The van der Waals surface area contributed by atoms with Crippen LogP contribution in [0.15, 0.2) is 47.4 Å². The van der Waals surface area contributed by atoms with Crippen molar-refractivity contribution in [3.63, 3.8) is 0 Å². The molecular weight excluding hydrogens is 446 g/mol. The number of carbonyl (C=O) groups excluding carboxylic acids is 2. The summed E-state index contributed by atoms with van der Waals surface area (Å²) in [6, 6.07) is 11.8. The summed E-state index contributed by atoms with van der Waals surface area (Å²) in [5.74, 6) is 0.221. The third-order valence-electron chi connectivity index (χ3n) is 5.90. The maximum absolute atomic E-state index is 13.3. The highest BCUT2D eigenvalue weighted by Crippen LogP contribution is 2.33. The number of rotatable bonds is 6. The van der Waals surface area contributed by atoms with E-state index in [-0.39, 0.29) is 23.3 Å². The number of anilines is 1. The van der Waals surface area contributed by atoms with E-state index in [1.807, 2.05) is 24.3 Å². The van der Waals surface area contributed by atoms with Crippen molar-refractivity contribution in [3.8, 4) is 11.5 Å². The van der Waals surface area contributed by atoms with E-state index in [0.717, 1.165) is 11.3 Å². The lowest BCUT2D eigenvalue weighted by Gasteiger charge is -2.31. The Morgan fingerprint density at radius 2 is 2.00 bits per heavy atom. The second kappa shape index (κ2) is 9.40. The van der Waals surface area contributed by atoms with Crippen LogP contribution in [0.5, 0.6) is 11.5 Å². The van der Waals surface area contributed by atoms with Crippen molar-refractivity contribution < 1.29 is 27.5 Å². The molecule has 0 spiro atoms. The summed E-state index contributed by atoms with van der Waals surface area (Å²) in [5, 5.41) is 5.58. The van der Waals surface area contributed by atoms with Crippen molar-refractivity contribution >= 4 is 27.5 Å². The molecule has 33 heavy (non-hydrogen) atoms. The number of amides is 2. The molecule has 1 fully saturated rings. The first-order chi connectivity index (χ1) is 15.8. The SMILES string of the molecule is COc1ccc(CNC(=O)[C@@H]2CCCN(S(=O)(=O)c3ccc4c(c3)NC(=O)[C@H](C)O4)C2)cc1. The van der Waals surface area contributed by atoms with Gasteiger partial charge in [0.2, 0.25) is 15.9 Å². The van der Waals surface area contributed by atoms with Gasteiger partial charge in [0.25, 0.3) is 5.91 Å². The van der Waals surface area contributed by atoms with E-state index in [2.05, 4.69) is 10.6 Å². The van der Waals surface area contributed by atoms with Gasteiger partial charge >= 0.3 is 0 Å². The Morgan fingerprint density at radius 3 is 2.73 bits per heavy atom. The Morgan fingerprint density at radius 1 is 1.24 bits per heavy atom. The molecule has 2 aliphatic heterocycles. The molecule has 0 unspecified atom stereocenters. The van der Waals surface area contributed by atoms with Crippen molar-refractivity contribution in [2.75, 3.05) is 25.5 Å². The predicted octanol–water partition coefficient (Wildman–Crippen LogP) is 2.13. The van der Waals surface area contributed by atoms with Crippen LogP contribution >= 0.6 is 0 Å². The van der Waals surface area contributed by atoms with Crippen molar-refractivity contribution in [1.82, 2.24) is 9.62 Å². The van der Waals surface area contributed by atoms with Crippen LogP contribution < -0.4 is 20.1 Å². The number of benzene rings is 2. The summed E-state index contributed by atoms with van der Waals surface area (Å²) in [6.07, 6.45) is 0.563. The molecule has 0 aromatic heterocycles. The number of piperidine rings is 1. The van der Waals surface area contributed by atoms with Gasteiger partial charge in [-0.05, 0) is 55.7 Å². The topological polar surface area (TPSA) is 114 Å². The van der Waals surface area contributed by atoms with Crippen LogP contribution in [0.3, 0.4) is 0 Å². The monoisotopic (exact) mass is 473 g/mol. The molecule has 0 saturated carbocycles. The van der Waals surface area contributed by atoms with Gasteiger partial charge < -0.3 is 20.1 Å². The maximum atomic E-state index is 13.3. The lowest BCUT2D eigenvalue weighted by atomic mass is 9.99. The predicted molar refractivity (Wildman–Crippen MR) is 121 cm³/mol. The third-order valence-corrected chi connectivity index (χ3v) is 7.76. The van der Waals surface area contributed by atoms with Crippen LogP contribution in [-0.4, -0.2) is 50.8 Å². The maximum Gasteiger partial charge on any atom is 0.265 e. The number of hydrogen-bond acceptors (Lipinski definition) is 6. The van der Waals surface area contributed by atoms with Crippen LogP contribution in [0.1, 0.15) is 25.3 Å². The minimum Gasteiger partial charge on any atom is -0.497 e.